The third-order valence-electron chi connectivity index (χ3n) is 4.54. The second-order valence-corrected chi connectivity index (χ2v) is 6.97. The summed E-state index contributed by atoms with van der Waals surface area (Å²) in [7, 11) is 1.63. The van der Waals surface area contributed by atoms with Crippen molar-refractivity contribution in [3.63, 3.8) is 0 Å². The fourth-order valence-corrected chi connectivity index (χ4v) is 2.98. The zero-order valence-corrected chi connectivity index (χ0v) is 17.7. The van der Waals surface area contributed by atoms with Gasteiger partial charge in [0.1, 0.15) is 11.6 Å². The number of pyridine rings is 1. The molecule has 0 atom stereocenters. The van der Waals surface area contributed by atoms with Gasteiger partial charge in [0, 0.05) is 41.2 Å². The van der Waals surface area contributed by atoms with Gasteiger partial charge in [0.2, 0.25) is 5.95 Å². The second-order valence-electron chi connectivity index (χ2n) is 6.97. The van der Waals surface area contributed by atoms with Crippen LogP contribution < -0.4 is 20.7 Å². The van der Waals surface area contributed by atoms with Gasteiger partial charge in [-0.05, 0) is 67.6 Å². The van der Waals surface area contributed by atoms with Gasteiger partial charge in [-0.25, -0.2) is 4.98 Å². The molecule has 0 fully saturated rings. The first-order chi connectivity index (χ1) is 15.6. The molecular formula is C24H22N6O2. The zero-order valence-electron chi connectivity index (χ0n) is 17.7. The molecule has 0 saturated heterocycles. The van der Waals surface area contributed by atoms with Crippen molar-refractivity contribution >= 4 is 34.7 Å². The van der Waals surface area contributed by atoms with Crippen LogP contribution in [0.2, 0.25) is 0 Å². The molecule has 2 heterocycles. The molecule has 0 saturated carbocycles. The van der Waals surface area contributed by atoms with Crippen LogP contribution in [0.1, 0.15) is 16.1 Å². The number of hydrogen-bond donors (Lipinski definition) is 3. The Morgan fingerprint density at radius 2 is 1.56 bits per heavy atom. The van der Waals surface area contributed by atoms with Crippen LogP contribution in [0.4, 0.5) is 28.8 Å². The van der Waals surface area contributed by atoms with E-state index in [9.17, 15) is 4.79 Å². The number of carbonyl (C=O) groups excluding carboxylic acids is 1. The van der Waals surface area contributed by atoms with Crippen LogP contribution in [-0.2, 0) is 0 Å². The number of nitrogens with one attached hydrogen (secondary N) is 3. The summed E-state index contributed by atoms with van der Waals surface area (Å²) < 4.78 is 5.19. The van der Waals surface area contributed by atoms with Crippen LogP contribution in [0.15, 0.2) is 79.1 Å². The first-order valence-corrected chi connectivity index (χ1v) is 9.94. The first-order valence-electron chi connectivity index (χ1n) is 9.94. The van der Waals surface area contributed by atoms with Gasteiger partial charge in [0.25, 0.3) is 5.91 Å². The van der Waals surface area contributed by atoms with Crippen molar-refractivity contribution < 1.29 is 9.53 Å². The molecule has 1 amide bonds. The lowest BCUT2D eigenvalue weighted by Gasteiger charge is -2.11. The van der Waals surface area contributed by atoms with E-state index in [4.69, 9.17) is 4.74 Å². The van der Waals surface area contributed by atoms with Crippen molar-refractivity contribution in [1.29, 1.82) is 0 Å². The van der Waals surface area contributed by atoms with E-state index in [1.807, 2.05) is 61.5 Å². The Kier molecular flexibility index (Phi) is 6.22. The lowest BCUT2D eigenvalue weighted by molar-refractivity contribution is 0.102. The fraction of sp³-hybridized carbons (Fsp3) is 0.0833. The molecule has 0 spiro atoms. The Morgan fingerprint density at radius 1 is 0.875 bits per heavy atom. The van der Waals surface area contributed by atoms with Gasteiger partial charge in [0.15, 0.2) is 0 Å². The molecule has 2 aromatic heterocycles. The van der Waals surface area contributed by atoms with Gasteiger partial charge in [-0.2, -0.15) is 4.98 Å². The van der Waals surface area contributed by atoms with E-state index in [0.29, 0.717) is 23.0 Å². The molecule has 8 heteroatoms. The number of ether oxygens (including phenoxy) is 1. The summed E-state index contributed by atoms with van der Waals surface area (Å²) in [5.74, 6) is 1.71. The summed E-state index contributed by atoms with van der Waals surface area (Å²) in [5, 5.41) is 9.31. The standard InChI is InChI=1S/C24H22N6O2/c1-16-14-22(27-18-9-11-21(32-2)12-10-18)30-24(26-16)29-20-7-5-19(6-8-20)28-23(31)17-4-3-13-25-15-17/h3-15H,1-2H3,(H,28,31)(H2,26,27,29,30). The molecule has 0 unspecified atom stereocenters. The Balaban J connectivity index is 1.42. The summed E-state index contributed by atoms with van der Waals surface area (Å²) in [6, 6.07) is 20.2. The van der Waals surface area contributed by atoms with Crippen molar-refractivity contribution in [2.24, 2.45) is 0 Å². The van der Waals surface area contributed by atoms with Crippen LogP contribution in [0.25, 0.3) is 0 Å². The van der Waals surface area contributed by atoms with Crippen LogP contribution in [0, 0.1) is 6.92 Å². The van der Waals surface area contributed by atoms with Crippen molar-refractivity contribution in [2.45, 2.75) is 6.92 Å². The van der Waals surface area contributed by atoms with E-state index in [1.165, 1.54) is 6.20 Å². The number of aryl methyl sites for hydroxylation is 1. The summed E-state index contributed by atoms with van der Waals surface area (Å²) in [4.78, 5) is 25.2. The number of methoxy groups -OCH3 is 1. The minimum atomic E-state index is -0.213. The molecule has 0 radical (unpaired) electrons. The largest absolute Gasteiger partial charge is 0.497 e. The molecule has 4 aromatic rings. The van der Waals surface area contributed by atoms with Crippen LogP contribution >= 0.6 is 0 Å². The molecular weight excluding hydrogens is 404 g/mol. The number of hydrogen-bond acceptors (Lipinski definition) is 7. The SMILES string of the molecule is COc1ccc(Nc2cc(C)nc(Nc3ccc(NC(=O)c4cccnc4)cc3)n2)cc1. The number of aromatic nitrogens is 3. The first kappa shape index (κ1) is 20.8. The van der Waals surface area contributed by atoms with Crippen molar-refractivity contribution in [1.82, 2.24) is 15.0 Å². The van der Waals surface area contributed by atoms with Crippen LogP contribution in [-0.4, -0.2) is 28.0 Å². The number of nitrogens with zero attached hydrogens (tertiary/aromatic N) is 3. The van der Waals surface area contributed by atoms with E-state index in [2.05, 4.69) is 30.9 Å². The number of carbonyl (C=O) groups is 1. The smallest absolute Gasteiger partial charge is 0.257 e. The van der Waals surface area contributed by atoms with E-state index in [1.54, 1.807) is 25.4 Å². The van der Waals surface area contributed by atoms with Gasteiger partial charge >= 0.3 is 0 Å². The Labute approximate surface area is 185 Å². The molecule has 3 N–H and O–H groups in total. The minimum absolute atomic E-state index is 0.213. The molecule has 8 nitrogen and oxygen atoms in total. The second kappa shape index (κ2) is 9.57. The average molecular weight is 426 g/mol. The van der Waals surface area contributed by atoms with Gasteiger partial charge in [-0.3, -0.25) is 9.78 Å². The number of anilines is 5. The van der Waals surface area contributed by atoms with Crippen molar-refractivity contribution in [3.8, 4) is 5.75 Å². The van der Waals surface area contributed by atoms with E-state index in [-0.39, 0.29) is 5.91 Å². The van der Waals surface area contributed by atoms with Gasteiger partial charge in [0.05, 0.1) is 12.7 Å². The normalized spacial score (nSPS) is 10.3. The van der Waals surface area contributed by atoms with E-state index >= 15 is 0 Å². The summed E-state index contributed by atoms with van der Waals surface area (Å²) in [6.45, 7) is 1.91. The van der Waals surface area contributed by atoms with Crippen LogP contribution in [0.3, 0.4) is 0 Å². The molecule has 32 heavy (non-hydrogen) atoms. The highest BCUT2D eigenvalue weighted by Gasteiger charge is 2.07. The third-order valence-corrected chi connectivity index (χ3v) is 4.54. The minimum Gasteiger partial charge on any atom is -0.497 e. The lowest BCUT2D eigenvalue weighted by Crippen LogP contribution is -2.11. The molecule has 4 rings (SSSR count). The maximum absolute atomic E-state index is 12.3. The van der Waals surface area contributed by atoms with E-state index < -0.39 is 0 Å². The summed E-state index contributed by atoms with van der Waals surface area (Å²) in [5.41, 5.74) is 3.68. The Bertz CT molecular complexity index is 1200. The number of benzene rings is 2. The van der Waals surface area contributed by atoms with Gasteiger partial charge < -0.3 is 20.7 Å². The predicted octanol–water partition coefficient (Wildman–Crippen LogP) is 4.93. The Morgan fingerprint density at radius 3 is 2.25 bits per heavy atom. The van der Waals surface area contributed by atoms with E-state index in [0.717, 1.165) is 22.8 Å². The third kappa shape index (κ3) is 5.37. The molecule has 160 valence electrons. The highest BCUT2D eigenvalue weighted by atomic mass is 16.5. The van der Waals surface area contributed by atoms with Gasteiger partial charge in [-0.15, -0.1) is 0 Å². The van der Waals surface area contributed by atoms with Crippen LogP contribution in [0.5, 0.6) is 5.75 Å². The maximum atomic E-state index is 12.3. The molecule has 0 bridgehead atoms. The summed E-state index contributed by atoms with van der Waals surface area (Å²) in [6.07, 6.45) is 3.15. The summed E-state index contributed by atoms with van der Waals surface area (Å²) >= 11 is 0. The highest BCUT2D eigenvalue weighted by molar-refractivity contribution is 6.04. The quantitative estimate of drug-likeness (QED) is 0.385. The van der Waals surface area contributed by atoms with Gasteiger partial charge in [-0.1, -0.05) is 0 Å². The zero-order chi connectivity index (χ0) is 22.3. The molecule has 0 aliphatic rings. The predicted molar refractivity (Wildman–Crippen MR) is 125 cm³/mol. The number of amides is 1. The molecule has 0 aliphatic carbocycles. The molecule has 0 aliphatic heterocycles. The van der Waals surface area contributed by atoms with Crippen molar-refractivity contribution in [3.05, 3.63) is 90.4 Å². The fourth-order valence-electron chi connectivity index (χ4n) is 2.98. The highest BCUT2D eigenvalue weighted by Crippen LogP contribution is 2.22. The monoisotopic (exact) mass is 426 g/mol. The topological polar surface area (TPSA) is 101 Å². The number of rotatable bonds is 7. The molecule has 2 aromatic carbocycles. The lowest BCUT2D eigenvalue weighted by atomic mass is 10.2. The maximum Gasteiger partial charge on any atom is 0.257 e. The Hall–Kier alpha value is -4.46. The average Bonchev–Trinajstić information content (AvgIpc) is 2.81. The van der Waals surface area contributed by atoms with Crippen molar-refractivity contribution in [2.75, 3.05) is 23.1 Å².